The van der Waals surface area contributed by atoms with E-state index in [1.165, 1.54) is 25.9 Å². The summed E-state index contributed by atoms with van der Waals surface area (Å²) in [7, 11) is 0. The van der Waals surface area contributed by atoms with Crippen LogP contribution in [0.5, 0.6) is 0 Å². The first-order valence-electron chi connectivity index (χ1n) is 7.85. The van der Waals surface area contributed by atoms with Crippen molar-refractivity contribution in [3.63, 3.8) is 0 Å². The first kappa shape index (κ1) is 14.8. The van der Waals surface area contributed by atoms with Gasteiger partial charge in [-0.15, -0.1) is 0 Å². The predicted molar refractivity (Wildman–Crippen MR) is 77.8 cm³/mol. The van der Waals surface area contributed by atoms with Crippen LogP contribution in [0.25, 0.3) is 0 Å². The number of likely N-dealkylation sites (tertiary alicyclic amines) is 1. The van der Waals surface area contributed by atoms with Crippen molar-refractivity contribution in [1.29, 1.82) is 0 Å². The lowest BCUT2D eigenvalue weighted by Crippen LogP contribution is -2.44. The molecule has 0 aromatic carbocycles. The highest BCUT2D eigenvalue weighted by atomic mass is 16.2. The lowest BCUT2D eigenvalue weighted by Gasteiger charge is -2.35. The molecule has 2 aliphatic rings. The highest BCUT2D eigenvalue weighted by Crippen LogP contribution is 2.22. The molecule has 0 aromatic heterocycles. The standard InChI is InChI=1S/C15H29N3O/c1-4-17-7-5-13(6-8-17)11-18-14(9-12(2)3)16-10-15(18)19/h12-14,16H,4-11H2,1-3H3. The summed E-state index contributed by atoms with van der Waals surface area (Å²) in [6.45, 7) is 11.7. The third kappa shape index (κ3) is 3.93. The predicted octanol–water partition coefficient (Wildman–Crippen LogP) is 1.52. The first-order chi connectivity index (χ1) is 9.10. The number of rotatable bonds is 5. The molecular formula is C15H29N3O. The van der Waals surface area contributed by atoms with Crippen LogP contribution in [0.15, 0.2) is 0 Å². The van der Waals surface area contributed by atoms with Crippen LogP contribution in [0.2, 0.25) is 0 Å². The largest absolute Gasteiger partial charge is 0.326 e. The Morgan fingerprint density at radius 3 is 2.58 bits per heavy atom. The monoisotopic (exact) mass is 267 g/mol. The smallest absolute Gasteiger partial charge is 0.237 e. The van der Waals surface area contributed by atoms with Crippen LogP contribution in [0.4, 0.5) is 0 Å². The van der Waals surface area contributed by atoms with E-state index < -0.39 is 0 Å². The number of piperidine rings is 1. The zero-order valence-corrected chi connectivity index (χ0v) is 12.7. The normalized spacial score (nSPS) is 26.6. The van der Waals surface area contributed by atoms with Gasteiger partial charge in [-0.05, 0) is 50.7 Å². The molecule has 2 heterocycles. The third-order valence-corrected chi connectivity index (χ3v) is 4.49. The summed E-state index contributed by atoms with van der Waals surface area (Å²) in [6, 6.07) is 0. The average Bonchev–Trinajstić information content (AvgIpc) is 2.72. The first-order valence-corrected chi connectivity index (χ1v) is 7.85. The number of hydrogen-bond donors (Lipinski definition) is 1. The summed E-state index contributed by atoms with van der Waals surface area (Å²) in [6.07, 6.45) is 3.83. The molecule has 0 radical (unpaired) electrons. The van der Waals surface area contributed by atoms with Crippen LogP contribution in [0, 0.1) is 11.8 Å². The van der Waals surface area contributed by atoms with Gasteiger partial charge in [0.05, 0.1) is 12.7 Å². The molecule has 2 fully saturated rings. The second-order valence-electron chi connectivity index (χ2n) is 6.45. The Balaban J connectivity index is 1.84. The van der Waals surface area contributed by atoms with Crippen LogP contribution in [-0.4, -0.2) is 54.6 Å². The maximum absolute atomic E-state index is 12.0. The number of carbonyl (C=O) groups excluding carboxylic acids is 1. The van der Waals surface area contributed by atoms with E-state index in [0.29, 0.717) is 24.3 Å². The van der Waals surface area contributed by atoms with Gasteiger partial charge >= 0.3 is 0 Å². The minimum atomic E-state index is 0.275. The van der Waals surface area contributed by atoms with Gasteiger partial charge in [0.25, 0.3) is 0 Å². The van der Waals surface area contributed by atoms with Gasteiger partial charge in [-0.3, -0.25) is 10.1 Å². The van der Waals surface area contributed by atoms with Crippen molar-refractivity contribution in [3.05, 3.63) is 0 Å². The van der Waals surface area contributed by atoms with E-state index in [0.717, 1.165) is 19.5 Å². The second-order valence-corrected chi connectivity index (χ2v) is 6.45. The fourth-order valence-electron chi connectivity index (χ4n) is 3.24. The van der Waals surface area contributed by atoms with Crippen LogP contribution in [-0.2, 0) is 4.79 Å². The van der Waals surface area contributed by atoms with Crippen molar-refractivity contribution in [2.45, 2.75) is 46.2 Å². The van der Waals surface area contributed by atoms with Gasteiger partial charge < -0.3 is 9.80 Å². The van der Waals surface area contributed by atoms with E-state index in [1.807, 2.05) is 0 Å². The zero-order chi connectivity index (χ0) is 13.8. The molecule has 0 aromatic rings. The molecule has 2 aliphatic heterocycles. The second kappa shape index (κ2) is 6.71. The molecule has 0 aliphatic carbocycles. The Bertz CT molecular complexity index is 298. The fourth-order valence-corrected chi connectivity index (χ4v) is 3.24. The van der Waals surface area contributed by atoms with Gasteiger partial charge in [0.1, 0.15) is 0 Å². The van der Waals surface area contributed by atoms with E-state index in [9.17, 15) is 4.79 Å². The summed E-state index contributed by atoms with van der Waals surface area (Å²) >= 11 is 0. The third-order valence-electron chi connectivity index (χ3n) is 4.49. The van der Waals surface area contributed by atoms with Crippen molar-refractivity contribution >= 4 is 5.91 Å². The van der Waals surface area contributed by atoms with Crippen molar-refractivity contribution in [2.24, 2.45) is 11.8 Å². The SMILES string of the molecule is CCN1CCC(CN2C(=O)CNC2CC(C)C)CC1. The molecule has 0 saturated carbocycles. The molecule has 0 bridgehead atoms. The quantitative estimate of drug-likeness (QED) is 0.820. The highest BCUT2D eigenvalue weighted by molar-refractivity contribution is 5.80. The molecule has 1 amide bonds. The Labute approximate surface area is 117 Å². The zero-order valence-electron chi connectivity index (χ0n) is 12.7. The van der Waals surface area contributed by atoms with Crippen LogP contribution in [0.1, 0.15) is 40.0 Å². The topological polar surface area (TPSA) is 35.6 Å². The molecule has 110 valence electrons. The number of nitrogens with zero attached hydrogens (tertiary/aromatic N) is 2. The van der Waals surface area contributed by atoms with Gasteiger partial charge in [-0.2, -0.15) is 0 Å². The maximum Gasteiger partial charge on any atom is 0.237 e. The van der Waals surface area contributed by atoms with Crippen molar-refractivity contribution < 1.29 is 4.79 Å². The molecule has 4 nitrogen and oxygen atoms in total. The van der Waals surface area contributed by atoms with E-state index >= 15 is 0 Å². The lowest BCUT2D eigenvalue weighted by atomic mass is 9.95. The van der Waals surface area contributed by atoms with Crippen LogP contribution in [0.3, 0.4) is 0 Å². The Morgan fingerprint density at radius 2 is 2.00 bits per heavy atom. The molecule has 1 N–H and O–H groups in total. The average molecular weight is 267 g/mol. The number of hydrogen-bond acceptors (Lipinski definition) is 3. The van der Waals surface area contributed by atoms with Crippen molar-refractivity contribution in [1.82, 2.24) is 15.1 Å². The molecule has 2 saturated heterocycles. The Kier molecular flexibility index (Phi) is 5.22. The summed E-state index contributed by atoms with van der Waals surface area (Å²) < 4.78 is 0. The molecular weight excluding hydrogens is 238 g/mol. The summed E-state index contributed by atoms with van der Waals surface area (Å²) in [5.41, 5.74) is 0. The minimum absolute atomic E-state index is 0.275. The molecule has 1 unspecified atom stereocenters. The minimum Gasteiger partial charge on any atom is -0.326 e. The number of amides is 1. The maximum atomic E-state index is 12.0. The van der Waals surface area contributed by atoms with Crippen LogP contribution >= 0.6 is 0 Å². The van der Waals surface area contributed by atoms with Crippen molar-refractivity contribution in [3.8, 4) is 0 Å². The highest BCUT2D eigenvalue weighted by Gasteiger charge is 2.33. The molecule has 2 rings (SSSR count). The summed E-state index contributed by atoms with van der Waals surface area (Å²) in [5.74, 6) is 1.62. The van der Waals surface area contributed by atoms with E-state index in [2.05, 4.69) is 35.9 Å². The van der Waals surface area contributed by atoms with Gasteiger partial charge in [0.2, 0.25) is 5.91 Å². The van der Waals surface area contributed by atoms with Gasteiger partial charge in [0, 0.05) is 6.54 Å². The van der Waals surface area contributed by atoms with E-state index in [-0.39, 0.29) is 6.17 Å². The van der Waals surface area contributed by atoms with Crippen molar-refractivity contribution in [2.75, 3.05) is 32.7 Å². The fraction of sp³-hybridized carbons (Fsp3) is 0.933. The summed E-state index contributed by atoms with van der Waals surface area (Å²) in [5, 5.41) is 3.36. The van der Waals surface area contributed by atoms with E-state index in [4.69, 9.17) is 0 Å². The van der Waals surface area contributed by atoms with Gasteiger partial charge in [-0.25, -0.2) is 0 Å². The molecule has 0 spiro atoms. The summed E-state index contributed by atoms with van der Waals surface area (Å²) in [4.78, 5) is 16.6. The van der Waals surface area contributed by atoms with E-state index in [1.54, 1.807) is 0 Å². The van der Waals surface area contributed by atoms with Gasteiger partial charge in [-0.1, -0.05) is 20.8 Å². The Hall–Kier alpha value is -0.610. The molecule has 1 atom stereocenters. The lowest BCUT2D eigenvalue weighted by molar-refractivity contribution is -0.129. The molecule has 4 heteroatoms. The number of nitrogens with one attached hydrogen (secondary N) is 1. The van der Waals surface area contributed by atoms with Crippen LogP contribution < -0.4 is 5.32 Å². The number of carbonyl (C=O) groups is 1. The molecule has 19 heavy (non-hydrogen) atoms. The van der Waals surface area contributed by atoms with Gasteiger partial charge in [0.15, 0.2) is 0 Å². The Morgan fingerprint density at radius 1 is 1.32 bits per heavy atom.